The smallest absolute Gasteiger partial charge is 0.0887 e. The molecule has 1 aromatic heterocycles. The van der Waals surface area contributed by atoms with Crippen molar-refractivity contribution in [1.82, 2.24) is 10.3 Å². The zero-order chi connectivity index (χ0) is 14.8. The van der Waals surface area contributed by atoms with Gasteiger partial charge in [-0.25, -0.2) is 0 Å². The summed E-state index contributed by atoms with van der Waals surface area (Å²) in [7, 11) is 1.67. The molecule has 0 spiro atoms. The van der Waals surface area contributed by atoms with Crippen LogP contribution in [0.4, 0.5) is 0 Å². The Labute approximate surface area is 127 Å². The van der Waals surface area contributed by atoms with Gasteiger partial charge in [0.15, 0.2) is 0 Å². The summed E-state index contributed by atoms with van der Waals surface area (Å²) in [5.41, 5.74) is 2.21. The molecule has 1 aromatic rings. The minimum atomic E-state index is 0.564. The molecule has 0 bridgehead atoms. The Morgan fingerprint density at radius 3 is 2.71 bits per heavy atom. The van der Waals surface area contributed by atoms with Gasteiger partial charge in [-0.2, -0.15) is 0 Å². The summed E-state index contributed by atoms with van der Waals surface area (Å²) in [5.74, 6) is 0. The van der Waals surface area contributed by atoms with Crippen molar-refractivity contribution >= 4 is 0 Å². The second kappa shape index (κ2) is 9.84. The molecule has 0 unspecified atom stereocenters. The molecule has 1 saturated carbocycles. The van der Waals surface area contributed by atoms with Crippen molar-refractivity contribution < 1.29 is 14.2 Å². The number of methoxy groups -OCH3 is 1. The van der Waals surface area contributed by atoms with Gasteiger partial charge in [-0.15, -0.1) is 0 Å². The molecule has 0 radical (unpaired) electrons. The molecule has 0 amide bonds. The average Bonchev–Trinajstić information content (AvgIpc) is 3.33. The van der Waals surface area contributed by atoms with E-state index in [0.29, 0.717) is 33.0 Å². The monoisotopic (exact) mass is 294 g/mol. The van der Waals surface area contributed by atoms with Gasteiger partial charge >= 0.3 is 0 Å². The zero-order valence-electron chi connectivity index (χ0n) is 12.8. The number of rotatable bonds is 12. The molecule has 0 atom stereocenters. The highest BCUT2D eigenvalue weighted by atomic mass is 16.5. The van der Waals surface area contributed by atoms with Crippen molar-refractivity contribution in [2.75, 3.05) is 33.5 Å². The van der Waals surface area contributed by atoms with E-state index in [-0.39, 0.29) is 0 Å². The maximum Gasteiger partial charge on any atom is 0.0887 e. The number of ether oxygens (including phenoxy) is 3. The average molecular weight is 294 g/mol. The fourth-order valence-electron chi connectivity index (χ4n) is 1.88. The van der Waals surface area contributed by atoms with Crippen LogP contribution in [0.2, 0.25) is 0 Å². The van der Waals surface area contributed by atoms with Gasteiger partial charge in [0.05, 0.1) is 25.5 Å². The molecule has 21 heavy (non-hydrogen) atoms. The highest BCUT2D eigenvalue weighted by Crippen LogP contribution is 2.19. The van der Waals surface area contributed by atoms with Crippen LogP contribution in [0.3, 0.4) is 0 Å². The van der Waals surface area contributed by atoms with Crippen LogP contribution in [0, 0.1) is 0 Å². The van der Waals surface area contributed by atoms with E-state index in [4.69, 9.17) is 14.2 Å². The lowest BCUT2D eigenvalue weighted by atomic mass is 10.2. The quantitative estimate of drug-likeness (QED) is 0.597. The second-order valence-corrected chi connectivity index (χ2v) is 5.32. The van der Waals surface area contributed by atoms with Gasteiger partial charge in [-0.1, -0.05) is 6.07 Å². The van der Waals surface area contributed by atoms with Crippen LogP contribution in [-0.2, 0) is 27.4 Å². The highest BCUT2D eigenvalue weighted by Gasteiger charge is 2.19. The largest absolute Gasteiger partial charge is 0.382 e. The first-order valence-corrected chi connectivity index (χ1v) is 7.70. The fraction of sp³-hybridized carbons (Fsp3) is 0.688. The van der Waals surface area contributed by atoms with E-state index < -0.39 is 0 Å². The topological polar surface area (TPSA) is 52.6 Å². The van der Waals surface area contributed by atoms with Crippen LogP contribution < -0.4 is 5.32 Å². The first-order chi connectivity index (χ1) is 10.4. The summed E-state index contributed by atoms with van der Waals surface area (Å²) in [6.45, 7) is 4.18. The summed E-state index contributed by atoms with van der Waals surface area (Å²) in [5, 5.41) is 3.48. The summed E-state index contributed by atoms with van der Waals surface area (Å²) in [6.07, 6.45) is 5.46. The number of aromatic nitrogens is 1. The van der Waals surface area contributed by atoms with Crippen LogP contribution in [-0.4, -0.2) is 44.6 Å². The fourth-order valence-corrected chi connectivity index (χ4v) is 1.88. The third kappa shape index (κ3) is 7.52. The van der Waals surface area contributed by atoms with Crippen LogP contribution >= 0.6 is 0 Å². The maximum atomic E-state index is 5.58. The lowest BCUT2D eigenvalue weighted by molar-refractivity contribution is 0.0478. The van der Waals surface area contributed by atoms with E-state index in [2.05, 4.69) is 16.4 Å². The minimum absolute atomic E-state index is 0.564. The molecule has 0 aliphatic heterocycles. The molecule has 1 aliphatic rings. The minimum Gasteiger partial charge on any atom is -0.382 e. The van der Waals surface area contributed by atoms with Gasteiger partial charge in [0.25, 0.3) is 0 Å². The van der Waals surface area contributed by atoms with Crippen molar-refractivity contribution in [2.45, 2.75) is 38.5 Å². The molecule has 5 nitrogen and oxygen atoms in total. The summed E-state index contributed by atoms with van der Waals surface area (Å²) >= 11 is 0. The van der Waals surface area contributed by atoms with Crippen molar-refractivity contribution in [3.8, 4) is 0 Å². The molecule has 1 N–H and O–H groups in total. The zero-order valence-corrected chi connectivity index (χ0v) is 12.8. The Kier molecular flexibility index (Phi) is 7.67. The van der Waals surface area contributed by atoms with Gasteiger partial charge in [0, 0.05) is 39.1 Å². The first-order valence-electron chi connectivity index (χ1n) is 7.70. The van der Waals surface area contributed by atoms with E-state index in [1.54, 1.807) is 7.11 Å². The SMILES string of the molecule is COCCOCCCOCc1ccc(CNC2CC2)cn1. The molecule has 1 aliphatic carbocycles. The molecule has 1 heterocycles. The molecule has 0 aromatic carbocycles. The molecular weight excluding hydrogens is 268 g/mol. The Bertz CT molecular complexity index is 380. The molecule has 0 saturated heterocycles. The molecular formula is C16H26N2O3. The van der Waals surface area contributed by atoms with E-state index in [9.17, 15) is 0 Å². The molecule has 2 rings (SSSR count). The Morgan fingerprint density at radius 1 is 1.14 bits per heavy atom. The van der Waals surface area contributed by atoms with Gasteiger partial charge in [-0.05, 0) is 30.9 Å². The maximum absolute atomic E-state index is 5.58. The van der Waals surface area contributed by atoms with Gasteiger partial charge in [0.2, 0.25) is 0 Å². The number of nitrogens with one attached hydrogen (secondary N) is 1. The van der Waals surface area contributed by atoms with E-state index in [1.165, 1.54) is 18.4 Å². The Hall–Kier alpha value is -1.01. The standard InChI is InChI=1S/C16H26N2O3/c1-19-9-10-20-7-2-8-21-13-16-4-3-14(12-18-16)11-17-15-5-6-15/h3-4,12,15,17H,2,5-11,13H2,1H3. The van der Waals surface area contributed by atoms with Crippen molar-refractivity contribution in [3.05, 3.63) is 29.6 Å². The predicted octanol–water partition coefficient (Wildman–Crippen LogP) is 1.90. The number of pyridine rings is 1. The lowest BCUT2D eigenvalue weighted by Gasteiger charge is -2.06. The van der Waals surface area contributed by atoms with Crippen LogP contribution in [0.15, 0.2) is 18.3 Å². The Morgan fingerprint density at radius 2 is 2.00 bits per heavy atom. The normalized spacial score (nSPS) is 14.5. The molecule has 1 fully saturated rings. The van der Waals surface area contributed by atoms with Crippen LogP contribution in [0.25, 0.3) is 0 Å². The van der Waals surface area contributed by atoms with E-state index >= 15 is 0 Å². The van der Waals surface area contributed by atoms with Crippen LogP contribution in [0.1, 0.15) is 30.5 Å². The predicted molar refractivity (Wildman–Crippen MR) is 81.1 cm³/mol. The summed E-state index contributed by atoms with van der Waals surface area (Å²) in [4.78, 5) is 4.42. The van der Waals surface area contributed by atoms with Crippen molar-refractivity contribution in [2.24, 2.45) is 0 Å². The van der Waals surface area contributed by atoms with E-state index in [0.717, 1.165) is 24.7 Å². The Balaban J connectivity index is 1.49. The van der Waals surface area contributed by atoms with Gasteiger partial charge in [0.1, 0.15) is 0 Å². The van der Waals surface area contributed by atoms with Crippen LogP contribution in [0.5, 0.6) is 0 Å². The summed E-state index contributed by atoms with van der Waals surface area (Å²) < 4.78 is 15.9. The van der Waals surface area contributed by atoms with Crippen molar-refractivity contribution in [3.63, 3.8) is 0 Å². The third-order valence-electron chi connectivity index (χ3n) is 3.32. The van der Waals surface area contributed by atoms with Gasteiger partial charge in [-0.3, -0.25) is 4.98 Å². The number of hydrogen-bond acceptors (Lipinski definition) is 5. The van der Waals surface area contributed by atoms with Gasteiger partial charge < -0.3 is 19.5 Å². The highest BCUT2D eigenvalue weighted by molar-refractivity contribution is 5.13. The number of nitrogens with zero attached hydrogens (tertiary/aromatic N) is 1. The van der Waals surface area contributed by atoms with Crippen molar-refractivity contribution in [1.29, 1.82) is 0 Å². The first kappa shape index (κ1) is 16.4. The third-order valence-corrected chi connectivity index (χ3v) is 3.32. The lowest BCUT2D eigenvalue weighted by Crippen LogP contribution is -2.15. The second-order valence-electron chi connectivity index (χ2n) is 5.32. The summed E-state index contributed by atoms with van der Waals surface area (Å²) in [6, 6.07) is 4.90. The molecule has 118 valence electrons. The van der Waals surface area contributed by atoms with E-state index in [1.807, 2.05) is 12.3 Å². The molecule has 5 heteroatoms. The number of hydrogen-bond donors (Lipinski definition) is 1.